The summed E-state index contributed by atoms with van der Waals surface area (Å²) in [5.41, 5.74) is 0.566. The number of rotatable bonds is 4. The van der Waals surface area contributed by atoms with Gasteiger partial charge in [-0.1, -0.05) is 37.3 Å². The number of hydrogen-bond acceptors (Lipinski definition) is 2. The van der Waals surface area contributed by atoms with E-state index < -0.39 is 11.5 Å². The Bertz CT molecular complexity index is 373. The molecule has 1 atom stereocenters. The Morgan fingerprint density at radius 1 is 1.44 bits per heavy atom. The summed E-state index contributed by atoms with van der Waals surface area (Å²) in [7, 11) is 0. The highest BCUT2D eigenvalue weighted by atomic mass is 16.4. The van der Waals surface area contributed by atoms with Crippen molar-refractivity contribution in [3.63, 3.8) is 0 Å². The van der Waals surface area contributed by atoms with Gasteiger partial charge in [-0.05, 0) is 18.4 Å². The van der Waals surface area contributed by atoms with Gasteiger partial charge in [0.05, 0.1) is 0 Å². The molecule has 16 heavy (non-hydrogen) atoms. The van der Waals surface area contributed by atoms with E-state index in [4.69, 9.17) is 0 Å². The lowest BCUT2D eigenvalue weighted by atomic mass is 9.81. The Morgan fingerprint density at radius 3 is 2.56 bits per heavy atom. The maximum atomic E-state index is 11.3. The second-order valence-electron chi connectivity index (χ2n) is 4.35. The minimum Gasteiger partial charge on any atom is -0.480 e. The van der Waals surface area contributed by atoms with Crippen molar-refractivity contribution in [1.29, 1.82) is 0 Å². The molecule has 0 spiro atoms. The second-order valence-corrected chi connectivity index (χ2v) is 4.35. The summed E-state index contributed by atoms with van der Waals surface area (Å²) in [5, 5.41) is 9.29. The van der Waals surface area contributed by atoms with E-state index >= 15 is 0 Å². The number of carboxylic acid groups (broad SMARTS) is 1. The van der Waals surface area contributed by atoms with E-state index in [1.165, 1.54) is 5.56 Å². The van der Waals surface area contributed by atoms with Gasteiger partial charge in [0.1, 0.15) is 5.54 Å². The van der Waals surface area contributed by atoms with Gasteiger partial charge < -0.3 is 5.11 Å². The Balaban J connectivity index is 2.09. The summed E-state index contributed by atoms with van der Waals surface area (Å²) >= 11 is 0. The molecule has 1 aliphatic heterocycles. The van der Waals surface area contributed by atoms with Crippen LogP contribution in [0, 0.1) is 0 Å². The third-order valence-corrected chi connectivity index (χ3v) is 3.60. The van der Waals surface area contributed by atoms with Gasteiger partial charge in [0, 0.05) is 13.1 Å². The highest BCUT2D eigenvalue weighted by Crippen LogP contribution is 2.35. The van der Waals surface area contributed by atoms with Gasteiger partial charge in [0.2, 0.25) is 0 Å². The predicted molar refractivity (Wildman–Crippen MR) is 62.1 cm³/mol. The maximum absolute atomic E-state index is 11.3. The average molecular weight is 219 g/mol. The van der Waals surface area contributed by atoms with Crippen molar-refractivity contribution in [1.82, 2.24) is 4.90 Å². The van der Waals surface area contributed by atoms with E-state index in [0.717, 1.165) is 19.5 Å². The molecule has 1 fully saturated rings. The fourth-order valence-electron chi connectivity index (χ4n) is 2.37. The van der Waals surface area contributed by atoms with Crippen molar-refractivity contribution < 1.29 is 9.90 Å². The summed E-state index contributed by atoms with van der Waals surface area (Å²) in [6.45, 7) is 3.57. The zero-order chi connectivity index (χ0) is 11.6. The van der Waals surface area contributed by atoms with Crippen LogP contribution in [0.2, 0.25) is 0 Å². The van der Waals surface area contributed by atoms with Crippen molar-refractivity contribution in [3.8, 4) is 0 Å². The van der Waals surface area contributed by atoms with Crippen LogP contribution in [0.4, 0.5) is 0 Å². The molecule has 1 unspecified atom stereocenters. The minimum atomic E-state index is -0.683. The van der Waals surface area contributed by atoms with Crippen LogP contribution in [0.5, 0.6) is 0 Å². The molecule has 1 saturated heterocycles. The van der Waals surface area contributed by atoms with Crippen molar-refractivity contribution in [2.45, 2.75) is 31.8 Å². The monoisotopic (exact) mass is 219 g/mol. The first-order chi connectivity index (χ1) is 7.69. The van der Waals surface area contributed by atoms with Crippen LogP contribution < -0.4 is 0 Å². The molecule has 1 heterocycles. The highest BCUT2D eigenvalue weighted by Gasteiger charge is 2.49. The number of aliphatic carboxylic acids is 1. The van der Waals surface area contributed by atoms with Crippen molar-refractivity contribution >= 4 is 5.97 Å². The molecule has 1 aliphatic rings. The Hall–Kier alpha value is -1.35. The van der Waals surface area contributed by atoms with Gasteiger partial charge in [-0.25, -0.2) is 0 Å². The van der Waals surface area contributed by atoms with Gasteiger partial charge in [-0.2, -0.15) is 0 Å². The molecule has 1 N–H and O–H groups in total. The van der Waals surface area contributed by atoms with Crippen molar-refractivity contribution in [2.75, 3.05) is 6.54 Å². The van der Waals surface area contributed by atoms with Crippen LogP contribution in [0.15, 0.2) is 30.3 Å². The lowest BCUT2D eigenvalue weighted by molar-refractivity contribution is -0.163. The van der Waals surface area contributed by atoms with Crippen LogP contribution in [0.1, 0.15) is 25.3 Å². The highest BCUT2D eigenvalue weighted by molar-refractivity contribution is 5.80. The number of likely N-dealkylation sites (tertiary alicyclic amines) is 1. The molecule has 3 heteroatoms. The molecule has 0 aromatic heterocycles. The molecule has 1 aromatic rings. The zero-order valence-corrected chi connectivity index (χ0v) is 9.52. The van der Waals surface area contributed by atoms with E-state index in [2.05, 4.69) is 4.90 Å². The van der Waals surface area contributed by atoms with Crippen LogP contribution in [0.3, 0.4) is 0 Å². The normalized spacial score (nSPS) is 25.1. The Labute approximate surface area is 95.7 Å². The van der Waals surface area contributed by atoms with E-state index in [9.17, 15) is 9.90 Å². The lowest BCUT2D eigenvalue weighted by Gasteiger charge is -2.49. The SMILES string of the molecule is CCC1(C(=O)O)CCN1Cc1ccccc1. The van der Waals surface area contributed by atoms with Gasteiger partial charge >= 0.3 is 5.97 Å². The van der Waals surface area contributed by atoms with Gasteiger partial charge in [0.15, 0.2) is 0 Å². The topological polar surface area (TPSA) is 40.5 Å². The van der Waals surface area contributed by atoms with E-state index in [-0.39, 0.29) is 0 Å². The molecule has 0 amide bonds. The zero-order valence-electron chi connectivity index (χ0n) is 9.52. The van der Waals surface area contributed by atoms with Crippen molar-refractivity contribution in [3.05, 3.63) is 35.9 Å². The lowest BCUT2D eigenvalue weighted by Crippen LogP contribution is -2.63. The smallest absolute Gasteiger partial charge is 0.324 e. The third kappa shape index (κ3) is 1.71. The first-order valence-corrected chi connectivity index (χ1v) is 5.71. The first kappa shape index (κ1) is 11.1. The Morgan fingerprint density at radius 2 is 2.12 bits per heavy atom. The fraction of sp³-hybridized carbons (Fsp3) is 0.462. The van der Waals surface area contributed by atoms with E-state index in [1.54, 1.807) is 0 Å². The number of carboxylic acids is 1. The molecule has 86 valence electrons. The number of carbonyl (C=O) groups is 1. The van der Waals surface area contributed by atoms with E-state index in [0.29, 0.717) is 6.42 Å². The predicted octanol–water partition coefficient (Wildman–Crippen LogP) is 2.13. The molecular weight excluding hydrogens is 202 g/mol. The molecule has 1 aromatic carbocycles. The first-order valence-electron chi connectivity index (χ1n) is 5.71. The number of benzene rings is 1. The summed E-state index contributed by atoms with van der Waals surface area (Å²) in [5.74, 6) is -0.683. The van der Waals surface area contributed by atoms with Gasteiger partial charge in [-0.3, -0.25) is 9.69 Å². The van der Waals surface area contributed by atoms with Crippen LogP contribution in [-0.2, 0) is 11.3 Å². The third-order valence-electron chi connectivity index (χ3n) is 3.60. The van der Waals surface area contributed by atoms with Crippen LogP contribution in [-0.4, -0.2) is 28.1 Å². The number of nitrogens with zero attached hydrogens (tertiary/aromatic N) is 1. The molecule has 0 aliphatic carbocycles. The van der Waals surface area contributed by atoms with Crippen LogP contribution in [0.25, 0.3) is 0 Å². The maximum Gasteiger partial charge on any atom is 0.324 e. The van der Waals surface area contributed by atoms with Gasteiger partial charge in [-0.15, -0.1) is 0 Å². The quantitative estimate of drug-likeness (QED) is 0.843. The molecule has 0 saturated carbocycles. The number of hydrogen-bond donors (Lipinski definition) is 1. The Kier molecular flexibility index (Phi) is 2.97. The molecular formula is C13H17NO2. The molecule has 0 bridgehead atoms. The largest absolute Gasteiger partial charge is 0.480 e. The van der Waals surface area contributed by atoms with Gasteiger partial charge in [0.25, 0.3) is 0 Å². The summed E-state index contributed by atoms with van der Waals surface area (Å²) in [4.78, 5) is 13.4. The van der Waals surface area contributed by atoms with Crippen LogP contribution >= 0.6 is 0 Å². The summed E-state index contributed by atoms with van der Waals surface area (Å²) in [6.07, 6.45) is 1.45. The van der Waals surface area contributed by atoms with Crippen molar-refractivity contribution in [2.24, 2.45) is 0 Å². The summed E-state index contributed by atoms with van der Waals surface area (Å²) in [6, 6.07) is 10.0. The minimum absolute atomic E-state index is 0.615. The standard InChI is InChI=1S/C13H17NO2/c1-2-13(12(15)16)8-9-14(13)10-11-6-4-3-5-7-11/h3-7H,2,8-10H2,1H3,(H,15,16). The molecule has 3 nitrogen and oxygen atoms in total. The second kappa shape index (κ2) is 4.26. The fourth-order valence-corrected chi connectivity index (χ4v) is 2.37. The molecule has 2 rings (SSSR count). The average Bonchev–Trinajstić information content (AvgIpc) is 2.27. The molecule has 0 radical (unpaired) electrons. The summed E-state index contributed by atoms with van der Waals surface area (Å²) < 4.78 is 0. The van der Waals surface area contributed by atoms with E-state index in [1.807, 2.05) is 37.3 Å².